The topological polar surface area (TPSA) is 21.3 Å². The molecule has 10 heavy (non-hydrogen) atoms. The van der Waals surface area contributed by atoms with Gasteiger partial charge in [0, 0.05) is 12.6 Å². The first kappa shape index (κ1) is 9.66. The fourth-order valence-electron chi connectivity index (χ4n) is 0.717. The molecular weight excluding hydrogens is 126 g/mol. The number of rotatable bonds is 6. The number of ether oxygens (including phenoxy) is 1. The summed E-state index contributed by atoms with van der Waals surface area (Å²) in [6.07, 6.45) is 1.87. The molecule has 0 bridgehead atoms. The third-order valence-corrected chi connectivity index (χ3v) is 1.25. The predicted molar refractivity (Wildman–Crippen MR) is 44.2 cm³/mol. The minimum Gasteiger partial charge on any atom is -0.380 e. The van der Waals surface area contributed by atoms with Crippen LogP contribution in [0.15, 0.2) is 12.7 Å². The van der Waals surface area contributed by atoms with Crippen molar-refractivity contribution in [3.63, 3.8) is 0 Å². The molecule has 0 heterocycles. The van der Waals surface area contributed by atoms with E-state index in [1.54, 1.807) is 0 Å². The van der Waals surface area contributed by atoms with Crippen LogP contribution in [-0.2, 0) is 4.74 Å². The maximum atomic E-state index is 5.21. The van der Waals surface area contributed by atoms with E-state index in [2.05, 4.69) is 18.8 Å². The summed E-state index contributed by atoms with van der Waals surface area (Å²) >= 11 is 0. The highest BCUT2D eigenvalue weighted by Crippen LogP contribution is 1.85. The molecule has 1 N–H and O–H groups in total. The van der Waals surface area contributed by atoms with E-state index in [0.29, 0.717) is 6.04 Å². The second-order valence-corrected chi connectivity index (χ2v) is 2.06. The van der Waals surface area contributed by atoms with Crippen molar-refractivity contribution < 1.29 is 4.74 Å². The quantitative estimate of drug-likeness (QED) is 0.564. The first-order valence-corrected chi connectivity index (χ1v) is 3.78. The van der Waals surface area contributed by atoms with Gasteiger partial charge < -0.3 is 10.1 Å². The highest BCUT2D eigenvalue weighted by molar-refractivity contribution is 4.84. The van der Waals surface area contributed by atoms with E-state index in [0.717, 1.165) is 19.8 Å². The lowest BCUT2D eigenvalue weighted by atomic mass is 10.3. The average Bonchev–Trinajstić information content (AvgIpc) is 1.98. The summed E-state index contributed by atoms with van der Waals surface area (Å²) in [6, 6.07) is 0.310. The van der Waals surface area contributed by atoms with Gasteiger partial charge in [0.15, 0.2) is 0 Å². The molecule has 2 heteroatoms. The second kappa shape index (κ2) is 6.78. The van der Waals surface area contributed by atoms with Gasteiger partial charge in [-0.2, -0.15) is 0 Å². The maximum Gasteiger partial charge on any atom is 0.0655 e. The molecule has 0 rings (SSSR count). The summed E-state index contributed by atoms with van der Waals surface area (Å²) < 4.78 is 5.21. The van der Waals surface area contributed by atoms with Gasteiger partial charge in [0.2, 0.25) is 0 Å². The van der Waals surface area contributed by atoms with E-state index in [1.165, 1.54) is 0 Å². The molecule has 1 unspecified atom stereocenters. The van der Waals surface area contributed by atoms with Crippen LogP contribution in [0.4, 0.5) is 0 Å². The van der Waals surface area contributed by atoms with Crippen molar-refractivity contribution in [1.82, 2.24) is 5.32 Å². The number of likely N-dealkylation sites (N-methyl/N-ethyl adjacent to an activating group) is 1. The van der Waals surface area contributed by atoms with Crippen LogP contribution in [-0.4, -0.2) is 25.8 Å². The van der Waals surface area contributed by atoms with E-state index in [-0.39, 0.29) is 0 Å². The van der Waals surface area contributed by atoms with Gasteiger partial charge in [0.1, 0.15) is 0 Å². The van der Waals surface area contributed by atoms with Crippen LogP contribution in [0.25, 0.3) is 0 Å². The standard InChI is InChI=1S/C8H17NO/c1-4-8(9-5-2)7-10-6-3/h4,8-9H,1,5-7H2,2-3H3. The molecule has 0 spiro atoms. The van der Waals surface area contributed by atoms with E-state index < -0.39 is 0 Å². The molecular formula is C8H17NO. The minimum atomic E-state index is 0.310. The molecule has 0 aromatic carbocycles. The van der Waals surface area contributed by atoms with Gasteiger partial charge in [-0.15, -0.1) is 6.58 Å². The summed E-state index contributed by atoms with van der Waals surface area (Å²) in [5.41, 5.74) is 0. The molecule has 0 aliphatic carbocycles. The van der Waals surface area contributed by atoms with Gasteiger partial charge in [-0.05, 0) is 13.5 Å². The Morgan fingerprint density at radius 1 is 1.60 bits per heavy atom. The lowest BCUT2D eigenvalue weighted by Gasteiger charge is -2.11. The SMILES string of the molecule is C=CC(COCC)NCC. The molecule has 0 fully saturated rings. The number of hydrogen-bond donors (Lipinski definition) is 1. The normalized spacial score (nSPS) is 13.0. The van der Waals surface area contributed by atoms with Crippen molar-refractivity contribution in [2.75, 3.05) is 19.8 Å². The molecule has 1 atom stereocenters. The van der Waals surface area contributed by atoms with E-state index >= 15 is 0 Å². The Morgan fingerprint density at radius 3 is 2.70 bits per heavy atom. The summed E-state index contributed by atoms with van der Waals surface area (Å²) in [6.45, 7) is 10.2. The smallest absolute Gasteiger partial charge is 0.0655 e. The fourth-order valence-corrected chi connectivity index (χ4v) is 0.717. The van der Waals surface area contributed by atoms with Gasteiger partial charge in [0.05, 0.1) is 6.61 Å². The molecule has 0 aliphatic rings. The van der Waals surface area contributed by atoms with Crippen LogP contribution in [0.3, 0.4) is 0 Å². The molecule has 0 aliphatic heterocycles. The zero-order valence-electron chi connectivity index (χ0n) is 6.89. The summed E-state index contributed by atoms with van der Waals surface area (Å²) in [5.74, 6) is 0. The van der Waals surface area contributed by atoms with Crippen molar-refractivity contribution in [3.05, 3.63) is 12.7 Å². The highest BCUT2D eigenvalue weighted by Gasteiger charge is 1.98. The molecule has 0 saturated carbocycles. The monoisotopic (exact) mass is 143 g/mol. The largest absolute Gasteiger partial charge is 0.380 e. The van der Waals surface area contributed by atoms with Gasteiger partial charge in [0.25, 0.3) is 0 Å². The van der Waals surface area contributed by atoms with Crippen LogP contribution < -0.4 is 5.32 Å². The van der Waals surface area contributed by atoms with Crippen LogP contribution in [0.5, 0.6) is 0 Å². The highest BCUT2D eigenvalue weighted by atomic mass is 16.5. The van der Waals surface area contributed by atoms with E-state index in [9.17, 15) is 0 Å². The Bertz CT molecular complexity index is 83.3. The Labute approximate surface area is 63.3 Å². The van der Waals surface area contributed by atoms with E-state index in [1.807, 2.05) is 13.0 Å². The third kappa shape index (κ3) is 4.53. The van der Waals surface area contributed by atoms with Crippen LogP contribution in [0, 0.1) is 0 Å². The molecule has 60 valence electrons. The zero-order chi connectivity index (χ0) is 7.82. The Hall–Kier alpha value is -0.340. The van der Waals surface area contributed by atoms with Crippen LogP contribution >= 0.6 is 0 Å². The molecule has 0 aromatic heterocycles. The molecule has 0 amide bonds. The van der Waals surface area contributed by atoms with Gasteiger partial charge in [-0.3, -0.25) is 0 Å². The van der Waals surface area contributed by atoms with Crippen molar-refractivity contribution in [1.29, 1.82) is 0 Å². The lowest BCUT2D eigenvalue weighted by molar-refractivity contribution is 0.134. The fraction of sp³-hybridized carbons (Fsp3) is 0.750. The minimum absolute atomic E-state index is 0.310. The first-order chi connectivity index (χ1) is 4.85. The third-order valence-electron chi connectivity index (χ3n) is 1.25. The predicted octanol–water partition coefficient (Wildman–Crippen LogP) is 1.19. The summed E-state index contributed by atoms with van der Waals surface area (Å²) in [5, 5.41) is 3.22. The molecule has 2 nitrogen and oxygen atoms in total. The van der Waals surface area contributed by atoms with Crippen LogP contribution in [0.2, 0.25) is 0 Å². The maximum absolute atomic E-state index is 5.21. The Kier molecular flexibility index (Phi) is 6.55. The van der Waals surface area contributed by atoms with Crippen molar-refractivity contribution in [2.45, 2.75) is 19.9 Å². The zero-order valence-corrected chi connectivity index (χ0v) is 6.89. The number of nitrogens with one attached hydrogen (secondary N) is 1. The summed E-state index contributed by atoms with van der Waals surface area (Å²) in [4.78, 5) is 0. The first-order valence-electron chi connectivity index (χ1n) is 3.78. The second-order valence-electron chi connectivity index (χ2n) is 2.06. The lowest BCUT2D eigenvalue weighted by Crippen LogP contribution is -2.31. The molecule has 0 saturated heterocycles. The van der Waals surface area contributed by atoms with Gasteiger partial charge >= 0.3 is 0 Å². The van der Waals surface area contributed by atoms with Crippen LogP contribution in [0.1, 0.15) is 13.8 Å². The Morgan fingerprint density at radius 2 is 2.30 bits per heavy atom. The van der Waals surface area contributed by atoms with Crippen molar-refractivity contribution in [3.8, 4) is 0 Å². The Balaban J connectivity index is 3.29. The molecule has 0 radical (unpaired) electrons. The van der Waals surface area contributed by atoms with Crippen molar-refractivity contribution in [2.24, 2.45) is 0 Å². The molecule has 0 aromatic rings. The van der Waals surface area contributed by atoms with Crippen molar-refractivity contribution >= 4 is 0 Å². The van der Waals surface area contributed by atoms with Gasteiger partial charge in [-0.25, -0.2) is 0 Å². The number of hydrogen-bond acceptors (Lipinski definition) is 2. The van der Waals surface area contributed by atoms with Gasteiger partial charge in [-0.1, -0.05) is 13.0 Å². The summed E-state index contributed by atoms with van der Waals surface area (Å²) in [7, 11) is 0. The average molecular weight is 143 g/mol. The van der Waals surface area contributed by atoms with E-state index in [4.69, 9.17) is 4.74 Å².